The van der Waals surface area contributed by atoms with Crippen LogP contribution in [0.5, 0.6) is 0 Å². The van der Waals surface area contributed by atoms with Gasteiger partial charge in [0, 0.05) is 31.0 Å². The van der Waals surface area contributed by atoms with Crippen molar-refractivity contribution in [3.63, 3.8) is 0 Å². The van der Waals surface area contributed by atoms with Gasteiger partial charge in [0.15, 0.2) is 0 Å². The zero-order valence-electron chi connectivity index (χ0n) is 11.4. The molecule has 1 fully saturated rings. The highest BCUT2D eigenvalue weighted by Gasteiger charge is 2.28. The Bertz CT molecular complexity index is 372. The van der Waals surface area contributed by atoms with E-state index in [9.17, 15) is 4.79 Å². The molecule has 0 N–H and O–H groups in total. The summed E-state index contributed by atoms with van der Waals surface area (Å²) in [6.45, 7) is 3.96. The van der Waals surface area contributed by atoms with Crippen molar-refractivity contribution in [2.24, 2.45) is 11.8 Å². The van der Waals surface area contributed by atoms with Crippen molar-refractivity contribution < 1.29 is 9.21 Å². The summed E-state index contributed by atoms with van der Waals surface area (Å²) in [5, 5.41) is 0. The van der Waals surface area contributed by atoms with Gasteiger partial charge in [-0.05, 0) is 31.9 Å². The maximum absolute atomic E-state index is 11.9. The highest BCUT2D eigenvalue weighted by Crippen LogP contribution is 2.29. The quantitative estimate of drug-likeness (QED) is 0.804. The van der Waals surface area contributed by atoms with Crippen LogP contribution in [0.4, 0.5) is 0 Å². The maximum Gasteiger partial charge on any atom is 0.137 e. The third-order valence-electron chi connectivity index (χ3n) is 4.01. The Kier molecular flexibility index (Phi) is 4.59. The van der Waals surface area contributed by atoms with Crippen molar-refractivity contribution in [1.82, 2.24) is 4.90 Å². The van der Waals surface area contributed by atoms with E-state index in [4.69, 9.17) is 4.42 Å². The lowest BCUT2D eigenvalue weighted by Gasteiger charge is -2.30. The van der Waals surface area contributed by atoms with Crippen LogP contribution in [0.2, 0.25) is 0 Å². The molecule has 2 atom stereocenters. The molecule has 3 heteroatoms. The van der Waals surface area contributed by atoms with Crippen LogP contribution >= 0.6 is 0 Å². The molecule has 0 radical (unpaired) electrons. The summed E-state index contributed by atoms with van der Waals surface area (Å²) in [6, 6.07) is 1.98. The Balaban J connectivity index is 1.85. The normalized spacial score (nSPS) is 24.7. The van der Waals surface area contributed by atoms with Gasteiger partial charge in [0.05, 0.1) is 12.5 Å². The van der Waals surface area contributed by atoms with Crippen LogP contribution in [0.15, 0.2) is 23.0 Å². The van der Waals surface area contributed by atoms with Gasteiger partial charge in [-0.25, -0.2) is 0 Å². The van der Waals surface area contributed by atoms with Gasteiger partial charge in [-0.15, -0.1) is 0 Å². The maximum atomic E-state index is 11.9. The zero-order chi connectivity index (χ0) is 13.0. The molecule has 1 saturated carbocycles. The van der Waals surface area contributed by atoms with E-state index in [0.717, 1.165) is 38.3 Å². The van der Waals surface area contributed by atoms with Gasteiger partial charge >= 0.3 is 0 Å². The Morgan fingerprint density at radius 2 is 2.33 bits per heavy atom. The molecule has 18 heavy (non-hydrogen) atoms. The molecule has 1 aromatic rings. The van der Waals surface area contributed by atoms with E-state index in [0.29, 0.717) is 5.78 Å². The lowest BCUT2D eigenvalue weighted by atomic mass is 9.79. The minimum absolute atomic E-state index is 0.237. The lowest BCUT2D eigenvalue weighted by Crippen LogP contribution is -2.34. The van der Waals surface area contributed by atoms with Gasteiger partial charge in [-0.1, -0.05) is 13.3 Å². The van der Waals surface area contributed by atoms with Gasteiger partial charge < -0.3 is 9.32 Å². The first-order chi connectivity index (χ1) is 8.69. The molecule has 0 spiro atoms. The Morgan fingerprint density at radius 1 is 1.50 bits per heavy atom. The molecule has 100 valence electrons. The van der Waals surface area contributed by atoms with E-state index in [1.54, 1.807) is 12.5 Å². The number of hydrogen-bond acceptors (Lipinski definition) is 3. The number of carbonyl (C=O) groups excluding carboxylic acids is 1. The van der Waals surface area contributed by atoms with Crippen LogP contribution in [-0.2, 0) is 11.3 Å². The van der Waals surface area contributed by atoms with Crippen molar-refractivity contribution in [2.75, 3.05) is 13.6 Å². The van der Waals surface area contributed by atoms with Gasteiger partial charge in [0.2, 0.25) is 0 Å². The first-order valence-electron chi connectivity index (χ1n) is 6.91. The molecule has 1 aliphatic carbocycles. The van der Waals surface area contributed by atoms with Crippen LogP contribution in [0.25, 0.3) is 0 Å². The summed E-state index contributed by atoms with van der Waals surface area (Å²) in [5.74, 6) is 1.44. The Morgan fingerprint density at radius 3 is 3.00 bits per heavy atom. The van der Waals surface area contributed by atoms with Crippen LogP contribution < -0.4 is 0 Å². The summed E-state index contributed by atoms with van der Waals surface area (Å²) in [5.41, 5.74) is 1.17. The molecular weight excluding hydrogens is 226 g/mol. The standard InChI is InChI=1S/C15H23NO2/c1-3-12-4-5-15(17)14(8-12)10-16(2)9-13-6-7-18-11-13/h6-7,11-12,14H,3-5,8-10H2,1-2H3. The molecule has 1 aromatic heterocycles. The molecule has 1 aliphatic rings. The number of ketones is 1. The predicted molar refractivity (Wildman–Crippen MR) is 71.2 cm³/mol. The Labute approximate surface area is 109 Å². The van der Waals surface area contributed by atoms with E-state index >= 15 is 0 Å². The number of carbonyl (C=O) groups is 1. The third kappa shape index (κ3) is 3.45. The molecule has 0 saturated heterocycles. The number of Topliss-reactive ketones (excluding diaryl/α,β-unsaturated/α-hetero) is 1. The van der Waals surface area contributed by atoms with Gasteiger partial charge in [-0.2, -0.15) is 0 Å². The van der Waals surface area contributed by atoms with E-state index in [2.05, 4.69) is 18.9 Å². The smallest absolute Gasteiger partial charge is 0.137 e. The molecule has 0 aliphatic heterocycles. The summed E-state index contributed by atoms with van der Waals surface area (Å²) >= 11 is 0. The second-order valence-corrected chi connectivity index (χ2v) is 5.54. The van der Waals surface area contributed by atoms with Crippen LogP contribution in [0.3, 0.4) is 0 Å². The van der Waals surface area contributed by atoms with E-state index in [1.807, 2.05) is 6.07 Å². The Hall–Kier alpha value is -1.09. The fourth-order valence-corrected chi connectivity index (χ4v) is 2.88. The SMILES string of the molecule is CCC1CCC(=O)C(CN(C)Cc2ccoc2)C1. The zero-order valence-corrected chi connectivity index (χ0v) is 11.4. The average molecular weight is 249 g/mol. The number of furan rings is 1. The van der Waals surface area contributed by atoms with Crippen molar-refractivity contribution in [1.29, 1.82) is 0 Å². The third-order valence-corrected chi connectivity index (χ3v) is 4.01. The molecule has 0 bridgehead atoms. The molecule has 3 nitrogen and oxygen atoms in total. The summed E-state index contributed by atoms with van der Waals surface area (Å²) < 4.78 is 5.07. The fraction of sp³-hybridized carbons (Fsp3) is 0.667. The van der Waals surface area contributed by atoms with Crippen molar-refractivity contribution in [3.05, 3.63) is 24.2 Å². The highest BCUT2D eigenvalue weighted by atomic mass is 16.3. The second-order valence-electron chi connectivity index (χ2n) is 5.54. The van der Waals surface area contributed by atoms with E-state index in [1.165, 1.54) is 12.0 Å². The lowest BCUT2D eigenvalue weighted by molar-refractivity contribution is -0.126. The minimum Gasteiger partial charge on any atom is -0.472 e. The van der Waals surface area contributed by atoms with Gasteiger partial charge in [0.1, 0.15) is 5.78 Å². The van der Waals surface area contributed by atoms with Crippen molar-refractivity contribution in [3.8, 4) is 0 Å². The van der Waals surface area contributed by atoms with Gasteiger partial charge in [-0.3, -0.25) is 4.79 Å². The van der Waals surface area contributed by atoms with E-state index < -0.39 is 0 Å². The predicted octanol–water partition coefficient (Wildman–Crippen LogP) is 3.11. The number of hydrogen-bond donors (Lipinski definition) is 0. The van der Waals surface area contributed by atoms with Crippen LogP contribution in [0.1, 0.15) is 38.2 Å². The topological polar surface area (TPSA) is 33.5 Å². The second kappa shape index (κ2) is 6.19. The molecular formula is C15H23NO2. The van der Waals surface area contributed by atoms with Crippen LogP contribution in [-0.4, -0.2) is 24.3 Å². The molecule has 0 aromatic carbocycles. The number of rotatable bonds is 5. The molecule has 2 unspecified atom stereocenters. The minimum atomic E-state index is 0.237. The van der Waals surface area contributed by atoms with E-state index in [-0.39, 0.29) is 5.92 Å². The molecule has 1 heterocycles. The molecule has 2 rings (SSSR count). The average Bonchev–Trinajstić information content (AvgIpc) is 2.84. The fourth-order valence-electron chi connectivity index (χ4n) is 2.88. The monoisotopic (exact) mass is 249 g/mol. The number of nitrogens with zero attached hydrogens (tertiary/aromatic N) is 1. The first kappa shape index (κ1) is 13.3. The summed E-state index contributed by atoms with van der Waals surface area (Å²) in [4.78, 5) is 14.2. The van der Waals surface area contributed by atoms with Crippen molar-refractivity contribution in [2.45, 2.75) is 39.2 Å². The first-order valence-corrected chi connectivity index (χ1v) is 6.91. The van der Waals surface area contributed by atoms with Gasteiger partial charge in [0.25, 0.3) is 0 Å². The highest BCUT2D eigenvalue weighted by molar-refractivity contribution is 5.81. The van der Waals surface area contributed by atoms with Crippen molar-refractivity contribution >= 4 is 5.78 Å². The van der Waals surface area contributed by atoms with Crippen LogP contribution in [0, 0.1) is 11.8 Å². The summed E-state index contributed by atoms with van der Waals surface area (Å²) in [6.07, 6.45) is 7.62. The molecule has 0 amide bonds. The largest absolute Gasteiger partial charge is 0.472 e. The summed E-state index contributed by atoms with van der Waals surface area (Å²) in [7, 11) is 2.08.